The van der Waals surface area contributed by atoms with Gasteiger partial charge < -0.3 is 5.73 Å². The van der Waals surface area contributed by atoms with Gasteiger partial charge in [0.15, 0.2) is 0 Å². The molecular formula is C5H12N2S2. The third-order valence-electron chi connectivity index (χ3n) is 1.59. The van der Waals surface area contributed by atoms with E-state index < -0.39 is 0 Å². The van der Waals surface area contributed by atoms with Crippen LogP contribution in [0.2, 0.25) is 0 Å². The first-order valence-electron chi connectivity index (χ1n) is 3.09. The van der Waals surface area contributed by atoms with Crippen molar-refractivity contribution < 1.29 is 0 Å². The van der Waals surface area contributed by atoms with Crippen LogP contribution in [0.25, 0.3) is 0 Å². The fourth-order valence-corrected chi connectivity index (χ4v) is 1.55. The quantitative estimate of drug-likeness (QED) is 0.455. The number of hydrogen-bond acceptors (Lipinski definition) is 4. The van der Waals surface area contributed by atoms with Crippen molar-refractivity contribution in [2.75, 3.05) is 6.54 Å². The monoisotopic (exact) mass is 164 g/mol. The van der Waals surface area contributed by atoms with Crippen LogP contribution < -0.4 is 5.73 Å². The van der Waals surface area contributed by atoms with E-state index in [4.69, 9.17) is 5.73 Å². The van der Waals surface area contributed by atoms with Crippen molar-refractivity contribution >= 4 is 25.4 Å². The highest BCUT2D eigenvalue weighted by Gasteiger charge is 2.20. The van der Waals surface area contributed by atoms with Gasteiger partial charge in [-0.15, -0.1) is 0 Å². The Morgan fingerprint density at radius 1 is 1.56 bits per heavy atom. The zero-order valence-corrected chi connectivity index (χ0v) is 6.98. The van der Waals surface area contributed by atoms with E-state index in [1.807, 2.05) is 4.31 Å². The topological polar surface area (TPSA) is 29.3 Å². The first-order chi connectivity index (χ1) is 4.20. The van der Waals surface area contributed by atoms with Gasteiger partial charge in [0.1, 0.15) is 0 Å². The van der Waals surface area contributed by atoms with E-state index >= 15 is 0 Å². The number of nitrogens with zero attached hydrogens (tertiary/aromatic N) is 1. The van der Waals surface area contributed by atoms with Gasteiger partial charge in [-0.2, -0.15) is 12.6 Å². The lowest BCUT2D eigenvalue weighted by molar-refractivity contribution is 0.326. The molecule has 2 nitrogen and oxygen atoms in total. The van der Waals surface area contributed by atoms with E-state index in [0.717, 1.165) is 19.4 Å². The molecule has 0 aromatic carbocycles. The zero-order valence-electron chi connectivity index (χ0n) is 5.20. The molecule has 0 bridgehead atoms. The van der Waals surface area contributed by atoms with Crippen LogP contribution in [0.4, 0.5) is 0 Å². The van der Waals surface area contributed by atoms with Gasteiger partial charge in [-0.25, -0.2) is 4.31 Å². The Kier molecular flexibility index (Phi) is 2.70. The van der Waals surface area contributed by atoms with Crippen molar-refractivity contribution in [1.29, 1.82) is 0 Å². The predicted octanol–water partition coefficient (Wildman–Crippen LogP) is 0.510. The molecule has 0 spiro atoms. The maximum Gasteiger partial charge on any atom is 0.0638 e. The number of piperidine rings is 1. The molecule has 1 fully saturated rings. The Balaban J connectivity index is 2.35. The van der Waals surface area contributed by atoms with Gasteiger partial charge in [0.2, 0.25) is 0 Å². The van der Waals surface area contributed by atoms with Crippen molar-refractivity contribution in [3.05, 3.63) is 0 Å². The average Bonchev–Trinajstić information content (AvgIpc) is 1.80. The molecule has 0 amide bonds. The first kappa shape index (κ1) is 7.72. The lowest BCUT2D eigenvalue weighted by atomic mass is 10.1. The van der Waals surface area contributed by atoms with Crippen molar-refractivity contribution in [2.45, 2.75) is 24.3 Å². The van der Waals surface area contributed by atoms with Gasteiger partial charge in [0.25, 0.3) is 0 Å². The highest BCUT2D eigenvalue weighted by atomic mass is 32.1. The average molecular weight is 164 g/mol. The van der Waals surface area contributed by atoms with Gasteiger partial charge in [0, 0.05) is 12.6 Å². The maximum absolute atomic E-state index is 5.68. The minimum absolute atomic E-state index is 0.247. The van der Waals surface area contributed by atoms with E-state index in [-0.39, 0.29) is 5.37 Å². The van der Waals surface area contributed by atoms with Gasteiger partial charge in [-0.3, -0.25) is 0 Å². The van der Waals surface area contributed by atoms with Crippen LogP contribution in [0, 0.1) is 0 Å². The zero-order chi connectivity index (χ0) is 6.85. The minimum Gasteiger partial charge on any atom is -0.328 e. The molecule has 54 valence electrons. The number of rotatable bonds is 0. The van der Waals surface area contributed by atoms with E-state index in [2.05, 4.69) is 25.4 Å². The molecule has 1 heterocycles. The minimum atomic E-state index is 0.247. The highest BCUT2D eigenvalue weighted by molar-refractivity contribution is 7.83. The number of thiol groups is 2. The van der Waals surface area contributed by atoms with Crippen molar-refractivity contribution in [2.24, 2.45) is 5.73 Å². The van der Waals surface area contributed by atoms with E-state index in [1.165, 1.54) is 0 Å². The summed E-state index contributed by atoms with van der Waals surface area (Å²) in [5.41, 5.74) is 5.68. The summed E-state index contributed by atoms with van der Waals surface area (Å²) in [6.45, 7) is 0.957. The molecule has 1 rings (SSSR count). The molecule has 0 radical (unpaired) electrons. The van der Waals surface area contributed by atoms with Crippen LogP contribution in [-0.4, -0.2) is 22.3 Å². The van der Waals surface area contributed by atoms with E-state index in [0.29, 0.717) is 6.04 Å². The largest absolute Gasteiger partial charge is 0.328 e. The Morgan fingerprint density at radius 3 is 2.67 bits per heavy atom. The second kappa shape index (κ2) is 3.14. The molecule has 1 aliphatic rings. The van der Waals surface area contributed by atoms with Crippen molar-refractivity contribution in [1.82, 2.24) is 4.31 Å². The standard InChI is InChI=1S/C5H12N2S2/c6-4-1-2-7(9)5(8)3-4/h4-5,8-9H,1-3,6H2. The molecule has 0 aliphatic carbocycles. The van der Waals surface area contributed by atoms with Crippen LogP contribution in [0.1, 0.15) is 12.8 Å². The fraction of sp³-hybridized carbons (Fsp3) is 1.00. The first-order valence-corrected chi connectivity index (χ1v) is 4.01. The smallest absolute Gasteiger partial charge is 0.0638 e. The van der Waals surface area contributed by atoms with E-state index in [9.17, 15) is 0 Å². The lowest BCUT2D eigenvalue weighted by Gasteiger charge is -2.30. The summed E-state index contributed by atoms with van der Waals surface area (Å²) < 4.78 is 1.92. The summed E-state index contributed by atoms with van der Waals surface area (Å²) in [4.78, 5) is 0. The third-order valence-corrected chi connectivity index (χ3v) is 2.74. The molecule has 1 saturated heterocycles. The molecule has 4 heteroatoms. The predicted molar refractivity (Wildman–Crippen MR) is 45.7 cm³/mol. The van der Waals surface area contributed by atoms with E-state index in [1.54, 1.807) is 0 Å². The highest BCUT2D eigenvalue weighted by Crippen LogP contribution is 2.19. The van der Waals surface area contributed by atoms with Gasteiger partial charge in [0.05, 0.1) is 5.37 Å². The third kappa shape index (κ3) is 2.04. The van der Waals surface area contributed by atoms with Crippen LogP contribution >= 0.6 is 25.4 Å². The fourth-order valence-electron chi connectivity index (χ4n) is 0.957. The van der Waals surface area contributed by atoms with Gasteiger partial charge in [-0.05, 0) is 12.8 Å². The van der Waals surface area contributed by atoms with Crippen molar-refractivity contribution in [3.63, 3.8) is 0 Å². The second-order valence-corrected chi connectivity index (χ2v) is 3.54. The molecule has 2 N–H and O–H groups in total. The molecule has 2 unspecified atom stereocenters. The summed E-state index contributed by atoms with van der Waals surface area (Å²) in [6, 6.07) is 0.330. The Morgan fingerprint density at radius 2 is 2.22 bits per heavy atom. The molecular weight excluding hydrogens is 152 g/mol. The van der Waals surface area contributed by atoms with Crippen molar-refractivity contribution in [3.8, 4) is 0 Å². The summed E-state index contributed by atoms with van der Waals surface area (Å²) in [5, 5.41) is 0.247. The van der Waals surface area contributed by atoms with Gasteiger partial charge >= 0.3 is 0 Å². The molecule has 2 atom stereocenters. The maximum atomic E-state index is 5.68. The normalized spacial score (nSPS) is 39.0. The molecule has 0 saturated carbocycles. The molecule has 0 aromatic rings. The summed E-state index contributed by atoms with van der Waals surface area (Å²) in [6.07, 6.45) is 1.99. The summed E-state index contributed by atoms with van der Waals surface area (Å²) in [5.74, 6) is 0. The SMILES string of the molecule is NC1CCN(S)C(S)C1. The Labute approximate surface area is 66.7 Å². The molecule has 0 aromatic heterocycles. The summed E-state index contributed by atoms with van der Waals surface area (Å²) in [7, 11) is 0. The number of hydrogen-bond donors (Lipinski definition) is 3. The second-order valence-electron chi connectivity index (χ2n) is 2.43. The molecule has 1 aliphatic heterocycles. The van der Waals surface area contributed by atoms with Crippen LogP contribution in [0.3, 0.4) is 0 Å². The van der Waals surface area contributed by atoms with Crippen LogP contribution in [0.5, 0.6) is 0 Å². The van der Waals surface area contributed by atoms with Crippen LogP contribution in [0.15, 0.2) is 0 Å². The lowest BCUT2D eigenvalue weighted by Crippen LogP contribution is -2.39. The Bertz CT molecular complexity index is 99.0. The van der Waals surface area contributed by atoms with Crippen LogP contribution in [-0.2, 0) is 0 Å². The number of nitrogens with two attached hydrogens (primary N) is 1. The van der Waals surface area contributed by atoms with Gasteiger partial charge in [-0.1, -0.05) is 12.8 Å². The summed E-state index contributed by atoms with van der Waals surface area (Å²) >= 11 is 8.48. The molecule has 9 heavy (non-hydrogen) atoms. The Hall–Kier alpha value is 0.620.